The summed E-state index contributed by atoms with van der Waals surface area (Å²) < 4.78 is 43.4. The Hall–Kier alpha value is -13.6. The number of nitrogens with one attached hydrogen (secondary N) is 9. The maximum absolute atomic E-state index is 14.1. The number of amides is 9. The van der Waals surface area contributed by atoms with Gasteiger partial charge in [-0.2, -0.15) is 0 Å². The van der Waals surface area contributed by atoms with Gasteiger partial charge in [0.2, 0.25) is 52.9 Å². The predicted molar refractivity (Wildman–Crippen MR) is 452 cm³/mol. The van der Waals surface area contributed by atoms with Gasteiger partial charge in [-0.1, -0.05) is 31.2 Å². The molecule has 6 aromatic rings. The highest BCUT2D eigenvalue weighted by Gasteiger charge is 2.46. The standard InChI is InChI=1S/C85H108N18O25/c1-7-54-55-38-53(23-24-60(55)93-73-56(54)44-103-65(73)39-59-58(80(103)117)47-126-81(118)85(59,121)8-2)128-84(120)100(5)29-28-99(4)83(119)127-46-57-48(3)102(74-66(106)41-67(122-6)75(112)72(57)74)45-70(109)89-27-31-123-33-35-125-36-34-124-32-30-101-43-50(97-98-101)19-22-51(104)13-11-16-68(107)88-25-10-9-14-62-77(114)94-61(15-12-26-90-82(86)87)76(113)91-42-69(108)92-64(40-71(110)111)79(116)96-63(78(115)95-62)37-49-17-20-52(105)21-18-49/h17-18,20-21,23-24,38-39,41,43,61-64,105,121H,7-16,19,22,25-37,40,42,44-47H2,1-6H3,(H,88,107)(H,89,109)(H,91,113)(H,92,108)(H,94,114)(H,95,115)(H,96,116)(H,110,111)(H4,86,87,90)/t61-,62-,63+,64-,85-/m0/s1. The lowest BCUT2D eigenvalue weighted by Crippen LogP contribution is -2.58. The van der Waals surface area contributed by atoms with Crippen molar-refractivity contribution < 1.29 is 116 Å². The van der Waals surface area contributed by atoms with Gasteiger partial charge in [0.15, 0.2) is 17.3 Å². The van der Waals surface area contributed by atoms with Crippen molar-refractivity contribution in [1.82, 2.24) is 81.4 Å². The van der Waals surface area contributed by atoms with E-state index in [0.717, 1.165) is 17.2 Å². The van der Waals surface area contributed by atoms with Crippen LogP contribution in [0.5, 0.6) is 11.5 Å². The number of nitrogens with two attached hydrogens (primary N) is 1. The van der Waals surface area contributed by atoms with Crippen molar-refractivity contribution in [2.75, 3.05) is 100 Å². The molecule has 4 aliphatic rings. The van der Waals surface area contributed by atoms with Gasteiger partial charge in [0.05, 0.1) is 107 Å². The van der Waals surface area contributed by atoms with Gasteiger partial charge >= 0.3 is 24.1 Å². The van der Waals surface area contributed by atoms with Crippen LogP contribution in [-0.4, -0.2) is 267 Å². The number of fused-ring (bicyclic) bond motifs is 6. The number of aliphatic carboxylic acids is 1. The van der Waals surface area contributed by atoms with Gasteiger partial charge in [-0.15, -0.1) is 5.10 Å². The normalized spacial score (nSPS) is 17.4. The summed E-state index contributed by atoms with van der Waals surface area (Å²) in [5.74, 6) is -9.42. The van der Waals surface area contributed by atoms with Crippen LogP contribution in [0, 0.1) is 12.3 Å². The van der Waals surface area contributed by atoms with Crippen LogP contribution in [-0.2, 0) is 134 Å². The third kappa shape index (κ3) is 25.4. The highest BCUT2D eigenvalue weighted by Crippen LogP contribution is 2.41. The van der Waals surface area contributed by atoms with E-state index >= 15 is 0 Å². The van der Waals surface area contributed by atoms with Crippen molar-refractivity contribution in [3.63, 3.8) is 0 Å². The average molecular weight is 1780 g/mol. The molecule has 688 valence electrons. The van der Waals surface area contributed by atoms with Crippen molar-refractivity contribution in [1.29, 1.82) is 5.41 Å². The zero-order chi connectivity index (χ0) is 92.5. The smallest absolute Gasteiger partial charge is 0.415 e. The number of phenols is 1. The molecule has 5 atom stereocenters. The molecule has 0 radical (unpaired) electrons. The molecule has 1 saturated heterocycles. The van der Waals surface area contributed by atoms with E-state index in [2.05, 4.69) is 52.8 Å². The van der Waals surface area contributed by atoms with Gasteiger partial charge in [-0.25, -0.2) is 24.0 Å². The number of carboxylic acid groups (broad SMARTS) is 1. The van der Waals surface area contributed by atoms with Gasteiger partial charge in [0.1, 0.15) is 66.9 Å². The first-order valence-corrected chi connectivity index (χ1v) is 42.0. The number of carbonyl (C=O) groups is 14. The first-order valence-electron chi connectivity index (χ1n) is 42.0. The molecular weight excluding hydrogens is 1670 g/mol. The largest absolute Gasteiger partial charge is 0.508 e. The first kappa shape index (κ1) is 96.7. The van der Waals surface area contributed by atoms with E-state index in [1.54, 1.807) is 53.6 Å². The molecule has 0 unspecified atom stereocenters. The lowest BCUT2D eigenvalue weighted by molar-refractivity contribution is -0.172. The average Bonchev–Trinajstić information content (AvgIpc) is 1.70. The molecule has 0 spiro atoms. The van der Waals surface area contributed by atoms with Crippen LogP contribution in [0.3, 0.4) is 0 Å². The van der Waals surface area contributed by atoms with Crippen molar-refractivity contribution in [2.45, 2.75) is 173 Å². The maximum atomic E-state index is 14.1. The molecule has 0 bridgehead atoms. The highest BCUT2D eigenvalue weighted by molar-refractivity contribution is 6.24. The molecule has 4 aromatic heterocycles. The Bertz CT molecular complexity index is 5270. The van der Waals surface area contributed by atoms with Gasteiger partial charge in [0, 0.05) is 113 Å². The van der Waals surface area contributed by atoms with Gasteiger partial charge in [-0.05, 0) is 112 Å². The van der Waals surface area contributed by atoms with E-state index in [0.29, 0.717) is 65.0 Å². The fraction of sp³-hybridized carbons (Fsp3) is 0.494. The summed E-state index contributed by atoms with van der Waals surface area (Å²) in [7, 11) is 4.16. The van der Waals surface area contributed by atoms with Gasteiger partial charge < -0.3 is 116 Å². The number of nitrogens with zero attached hydrogens (tertiary/aromatic N) is 8. The van der Waals surface area contributed by atoms with Crippen molar-refractivity contribution in [3.05, 3.63) is 133 Å². The van der Waals surface area contributed by atoms with Crippen LogP contribution in [0.25, 0.3) is 22.3 Å². The molecule has 1 aliphatic carbocycles. The number of hydrogen-bond donors (Lipinski definition) is 13. The third-order valence-corrected chi connectivity index (χ3v) is 22.0. The number of aromatic hydroxyl groups is 1. The summed E-state index contributed by atoms with van der Waals surface area (Å²) in [4.78, 5) is 207. The topological polar surface area (TPSA) is 587 Å². The van der Waals surface area contributed by atoms with Crippen molar-refractivity contribution >= 4 is 99.7 Å². The number of benzene rings is 2. The van der Waals surface area contributed by atoms with Crippen LogP contribution >= 0.6 is 0 Å². The number of ketones is 3. The number of Topliss-reactive ketones (excluding diaryl/α,β-unsaturated/α-hetero) is 2. The zero-order valence-electron chi connectivity index (χ0n) is 72.0. The fourth-order valence-corrected chi connectivity index (χ4v) is 14.9. The molecule has 0 saturated carbocycles. The minimum absolute atomic E-state index is 0.00146. The Labute approximate surface area is 734 Å². The number of aliphatic hydroxyl groups is 1. The number of guanidine groups is 1. The van der Waals surface area contributed by atoms with E-state index in [-0.39, 0.29) is 219 Å². The molecule has 3 aliphatic heterocycles. The number of hydrogen-bond acceptors (Lipinski definition) is 28. The summed E-state index contributed by atoms with van der Waals surface area (Å²) in [6, 6.07) is 6.52. The zero-order valence-corrected chi connectivity index (χ0v) is 72.0. The Morgan fingerprint density at radius 3 is 2.10 bits per heavy atom. The van der Waals surface area contributed by atoms with E-state index in [9.17, 15) is 87.2 Å². The number of esters is 1. The number of ether oxygens (including phenoxy) is 7. The van der Waals surface area contributed by atoms with Crippen LogP contribution < -0.4 is 58.6 Å². The third-order valence-electron chi connectivity index (χ3n) is 22.0. The quantitative estimate of drug-likeness (QED) is 0.0107. The molecule has 14 N–H and O–H groups in total. The Morgan fingerprint density at radius 1 is 0.734 bits per heavy atom. The van der Waals surface area contributed by atoms with Gasteiger partial charge in [-0.3, -0.25) is 62.9 Å². The van der Waals surface area contributed by atoms with Crippen molar-refractivity contribution in [3.8, 4) is 22.9 Å². The number of aromatic nitrogens is 6. The number of methoxy groups -OCH3 is 1. The lowest BCUT2D eigenvalue weighted by atomic mass is 9.86. The predicted octanol–water partition coefficient (Wildman–Crippen LogP) is 0.532. The number of phenolic OH excluding ortho intramolecular Hbond substituents is 1. The second kappa shape index (κ2) is 45.6. The number of rotatable bonds is 43. The molecule has 2 aromatic carbocycles. The second-order valence-corrected chi connectivity index (χ2v) is 31.0. The molecule has 43 heteroatoms. The van der Waals surface area contributed by atoms with E-state index in [4.69, 9.17) is 49.3 Å². The SMILES string of the molecule is CCc1c2c(nc3ccc(OC(=O)N(C)CCN(C)C(=O)OCc4c5c(n(CC(=O)NCCOCCOCCOCCn6cc(CCC(=O)CCCC(=O)NCCCC[C@@H]7NC(=O)[C@@H](Cc8ccc(O)cc8)NC(=O)[C@H](CC(=O)O)NC(=O)CNC(=O)[C@H](CCCNC(=N)N)NC7=O)nn6)c4C)C(=O)C=C(OC)C5=O)cc13)-c1cc3c(c(=O)n1C2)COC(=O)[C@]3(O)CC. The summed E-state index contributed by atoms with van der Waals surface area (Å²) in [5.41, 5.74) is 7.98. The minimum atomic E-state index is -1.98. The summed E-state index contributed by atoms with van der Waals surface area (Å²) >= 11 is 0. The molecule has 128 heavy (non-hydrogen) atoms. The van der Waals surface area contributed by atoms with Crippen molar-refractivity contribution in [2.24, 2.45) is 5.73 Å². The summed E-state index contributed by atoms with van der Waals surface area (Å²) in [6.45, 7) is 5.51. The number of unbranched alkanes of at least 4 members (excludes halogenated alkanes) is 1. The number of carbonyl (C=O) groups excluding carboxylic acids is 13. The number of likely N-dealkylation sites (N-methyl/N-ethyl adjacent to an activating group) is 2. The minimum Gasteiger partial charge on any atom is -0.508 e. The van der Waals surface area contributed by atoms with E-state index < -0.39 is 126 Å². The van der Waals surface area contributed by atoms with Crippen LogP contribution in [0.15, 0.2) is 71.4 Å². The van der Waals surface area contributed by atoms with Gasteiger partial charge in [0.25, 0.3) is 5.56 Å². The van der Waals surface area contributed by atoms with E-state index in [1.165, 1.54) is 59.8 Å². The molecule has 1 fully saturated rings. The van der Waals surface area contributed by atoms with Crippen LogP contribution in [0.1, 0.15) is 150 Å². The second-order valence-electron chi connectivity index (χ2n) is 31.0. The van der Waals surface area contributed by atoms with Crippen LogP contribution in [0.4, 0.5) is 9.59 Å². The Balaban J connectivity index is 0.584. The molecule has 43 nitrogen and oxygen atoms in total. The lowest BCUT2D eigenvalue weighted by Gasteiger charge is -2.31. The monoisotopic (exact) mass is 1780 g/mol. The number of pyridine rings is 2. The highest BCUT2D eigenvalue weighted by atomic mass is 16.6. The fourth-order valence-electron chi connectivity index (χ4n) is 14.9. The first-order chi connectivity index (χ1) is 61.3. The molecule has 7 heterocycles. The number of aryl methyl sites for hydroxylation is 2. The Morgan fingerprint density at radius 2 is 1.40 bits per heavy atom. The molecular formula is C85H108N18O25. The summed E-state index contributed by atoms with van der Waals surface area (Å²) in [5, 5.41) is 67.8. The van der Waals surface area contributed by atoms with Crippen LogP contribution in [0.2, 0.25) is 0 Å². The number of allylic oxidation sites excluding steroid dienone is 2. The molecule has 10 rings (SSSR count). The summed E-state index contributed by atoms with van der Waals surface area (Å²) in [6.07, 6.45) is 2.20. The van der Waals surface area contributed by atoms with E-state index in [1.807, 2.05) is 6.92 Å². The maximum Gasteiger partial charge on any atom is 0.415 e. The number of cyclic esters (lactones) is 1. The number of carboxylic acids is 1. The Kier molecular flexibility index (Phi) is 34.4. The molecule has 9 amide bonds.